The van der Waals surface area contributed by atoms with Crippen LogP contribution in [0.5, 0.6) is 5.75 Å². The molecule has 0 radical (unpaired) electrons. The number of rotatable bonds is 7. The molecule has 15 heteroatoms. The zero-order valence-corrected chi connectivity index (χ0v) is 24.3. The van der Waals surface area contributed by atoms with Gasteiger partial charge in [0.25, 0.3) is 0 Å². The van der Waals surface area contributed by atoms with E-state index in [9.17, 15) is 30.4 Å². The van der Waals surface area contributed by atoms with Gasteiger partial charge in [-0.25, -0.2) is 18.1 Å². The molecule has 224 valence electrons. The van der Waals surface area contributed by atoms with Crippen molar-refractivity contribution in [2.45, 2.75) is 24.6 Å². The zero-order valence-electron chi connectivity index (χ0n) is 22.0. The van der Waals surface area contributed by atoms with E-state index in [2.05, 4.69) is 14.8 Å². The number of hydrogen-bond donors (Lipinski definition) is 0. The number of hydrogen-bond acceptors (Lipinski definition) is 6. The number of ether oxygens (including phenoxy) is 1. The predicted molar refractivity (Wildman–Crippen MR) is 149 cm³/mol. The molecular weight excluding hydrogens is 640 g/mol. The smallest absolute Gasteiger partial charge is 0.436 e. The van der Waals surface area contributed by atoms with Gasteiger partial charge in [-0.1, -0.05) is 41.4 Å². The summed E-state index contributed by atoms with van der Waals surface area (Å²) in [4.78, 5) is 4.45. The number of aromatic nitrogens is 3. The highest BCUT2D eigenvalue weighted by Gasteiger charge is 2.37. The van der Waals surface area contributed by atoms with Gasteiger partial charge in [0.15, 0.2) is 27.2 Å². The molecule has 7 nitrogen and oxygen atoms in total. The van der Waals surface area contributed by atoms with Gasteiger partial charge >= 0.3 is 12.8 Å². The monoisotopic (exact) mass is 657 g/mol. The van der Waals surface area contributed by atoms with Crippen molar-refractivity contribution in [1.82, 2.24) is 14.8 Å². The van der Waals surface area contributed by atoms with Crippen molar-refractivity contribution < 1.29 is 39.5 Å². The minimum absolute atomic E-state index is 0.0206. The molecule has 0 N–H and O–H groups in total. The zero-order chi connectivity index (χ0) is 31.3. The molecule has 2 aromatic heterocycles. The van der Waals surface area contributed by atoms with E-state index >= 15 is 0 Å². The van der Waals surface area contributed by atoms with Gasteiger partial charge in [0.1, 0.15) is 11.4 Å². The van der Waals surface area contributed by atoms with Crippen molar-refractivity contribution in [3.8, 4) is 45.1 Å². The first-order valence-corrected chi connectivity index (χ1v) is 14.8. The average Bonchev–Trinajstić information content (AvgIpc) is 3.50. The fraction of sp³-hybridized carbons (Fsp3) is 0.143. The Kier molecular flexibility index (Phi) is 8.01. The van der Waals surface area contributed by atoms with Gasteiger partial charge < -0.3 is 9.15 Å². The molecule has 0 saturated carbocycles. The molecule has 0 atom stereocenters. The first-order valence-electron chi connectivity index (χ1n) is 12.1. The van der Waals surface area contributed by atoms with Crippen molar-refractivity contribution in [2.24, 2.45) is 0 Å². The molecule has 0 bridgehead atoms. The molecular formula is C28H18Cl2F5N3O4S. The maximum atomic E-state index is 13.6. The number of oxazole rings is 1. The molecule has 0 aliphatic heterocycles. The first kappa shape index (κ1) is 30.5. The molecule has 0 aliphatic carbocycles. The number of alkyl halides is 5. The normalized spacial score (nSPS) is 12.2. The summed E-state index contributed by atoms with van der Waals surface area (Å²) in [5.41, 5.74) is 0.335. The van der Waals surface area contributed by atoms with Crippen LogP contribution >= 0.6 is 23.2 Å². The summed E-state index contributed by atoms with van der Waals surface area (Å²) >= 11 is 12.3. The molecule has 5 aromatic rings. The minimum atomic E-state index is -4.84. The van der Waals surface area contributed by atoms with Crippen LogP contribution in [0.1, 0.15) is 11.6 Å². The topological polar surface area (TPSA) is 87.2 Å². The largest absolute Gasteiger partial charge is 0.440 e. The van der Waals surface area contributed by atoms with E-state index in [4.69, 9.17) is 27.6 Å². The molecule has 5 rings (SSSR count). The molecule has 2 heterocycles. The molecule has 0 amide bonds. The van der Waals surface area contributed by atoms with Gasteiger partial charge in [-0.05, 0) is 53.6 Å². The summed E-state index contributed by atoms with van der Waals surface area (Å²) in [6.45, 7) is -1.55. The van der Waals surface area contributed by atoms with Crippen LogP contribution in [0.2, 0.25) is 10.0 Å². The van der Waals surface area contributed by atoms with E-state index in [1.54, 1.807) is 24.3 Å². The summed E-state index contributed by atoms with van der Waals surface area (Å²) in [5.74, 6) is 0.00179. The SMILES string of the molecule is Cc1nc(-c2ccc(OC(F)F)cc2Cl)c(-c2cc(-c3cccc(S(C)(=O)=O)c3)ccc2-n2cc(Cl)c(C(F)(F)F)n2)o1. The summed E-state index contributed by atoms with van der Waals surface area (Å²) in [6, 6.07) is 14.5. The van der Waals surface area contributed by atoms with Crippen LogP contribution in [0.3, 0.4) is 0 Å². The van der Waals surface area contributed by atoms with Gasteiger partial charge in [-0.3, -0.25) is 0 Å². The van der Waals surface area contributed by atoms with Gasteiger partial charge in [0, 0.05) is 24.3 Å². The number of aryl methyl sites for hydroxylation is 1. The Labute approximate surface area is 251 Å². The van der Waals surface area contributed by atoms with Crippen LogP contribution in [0.25, 0.3) is 39.4 Å². The molecule has 43 heavy (non-hydrogen) atoms. The second-order valence-electron chi connectivity index (χ2n) is 9.23. The van der Waals surface area contributed by atoms with E-state index in [0.717, 1.165) is 23.2 Å². The minimum Gasteiger partial charge on any atom is -0.440 e. The van der Waals surface area contributed by atoms with Crippen LogP contribution in [0, 0.1) is 6.92 Å². The highest BCUT2D eigenvalue weighted by molar-refractivity contribution is 7.90. The number of halogens is 7. The second-order valence-corrected chi connectivity index (χ2v) is 12.1. The third-order valence-corrected chi connectivity index (χ3v) is 7.88. The third kappa shape index (κ3) is 6.38. The Bertz CT molecular complexity index is 1960. The molecule has 0 saturated heterocycles. The van der Waals surface area contributed by atoms with E-state index in [1.807, 2.05) is 0 Å². The lowest BCUT2D eigenvalue weighted by Gasteiger charge is -2.13. The molecule has 0 unspecified atom stereocenters. The Morgan fingerprint density at radius 1 is 0.953 bits per heavy atom. The highest BCUT2D eigenvalue weighted by atomic mass is 35.5. The summed E-state index contributed by atoms with van der Waals surface area (Å²) < 4.78 is 102. The van der Waals surface area contributed by atoms with E-state index in [0.29, 0.717) is 11.1 Å². The number of nitrogens with zero attached hydrogens (tertiary/aromatic N) is 3. The maximum absolute atomic E-state index is 13.6. The van der Waals surface area contributed by atoms with Crippen molar-refractivity contribution in [3.63, 3.8) is 0 Å². The Balaban J connectivity index is 1.75. The van der Waals surface area contributed by atoms with Crippen molar-refractivity contribution in [3.05, 3.63) is 88.5 Å². The fourth-order valence-corrected chi connectivity index (χ4v) is 5.49. The predicted octanol–water partition coefficient (Wildman–Crippen LogP) is 8.50. The standard InChI is InChI=1S/C28H18Cl2F5N3O4S/c1-14-36-24(19-8-7-17(12-21(19)29)42-27(31)32)25(41-14)20-11-16(15-4-3-5-18(10-15)43(2,39)40)6-9-23(20)38-13-22(30)26(37-38)28(33,34)35/h3-13,27H,1-2H3. The molecule has 0 aliphatic rings. The lowest BCUT2D eigenvalue weighted by atomic mass is 9.98. The summed E-state index contributed by atoms with van der Waals surface area (Å²) in [7, 11) is -3.55. The van der Waals surface area contributed by atoms with Crippen LogP contribution in [-0.4, -0.2) is 36.0 Å². The second kappa shape index (κ2) is 11.3. The number of benzene rings is 3. The lowest BCUT2D eigenvalue weighted by Crippen LogP contribution is -2.08. The van der Waals surface area contributed by atoms with E-state index < -0.39 is 33.3 Å². The molecule has 0 fully saturated rings. The summed E-state index contributed by atoms with van der Waals surface area (Å²) in [5, 5.41) is 2.99. The average molecular weight is 658 g/mol. The van der Waals surface area contributed by atoms with Crippen LogP contribution in [0.4, 0.5) is 22.0 Å². The summed E-state index contributed by atoms with van der Waals surface area (Å²) in [6.07, 6.45) is -2.79. The Hall–Kier alpha value is -3.94. The molecule has 0 spiro atoms. The van der Waals surface area contributed by atoms with Crippen molar-refractivity contribution in [1.29, 1.82) is 0 Å². The Morgan fingerprint density at radius 2 is 1.67 bits per heavy atom. The van der Waals surface area contributed by atoms with Gasteiger partial charge in [0.05, 0.1) is 26.8 Å². The van der Waals surface area contributed by atoms with Crippen molar-refractivity contribution in [2.75, 3.05) is 6.26 Å². The third-order valence-electron chi connectivity index (χ3n) is 6.18. The van der Waals surface area contributed by atoms with Crippen LogP contribution in [-0.2, 0) is 16.0 Å². The van der Waals surface area contributed by atoms with Gasteiger partial charge in [-0.2, -0.15) is 27.1 Å². The van der Waals surface area contributed by atoms with Crippen molar-refractivity contribution >= 4 is 33.0 Å². The lowest BCUT2D eigenvalue weighted by molar-refractivity contribution is -0.141. The van der Waals surface area contributed by atoms with E-state index in [1.165, 1.54) is 37.3 Å². The van der Waals surface area contributed by atoms with E-state index in [-0.39, 0.29) is 49.8 Å². The van der Waals surface area contributed by atoms with Gasteiger partial charge in [0.2, 0.25) is 0 Å². The highest BCUT2D eigenvalue weighted by Crippen LogP contribution is 2.42. The first-order chi connectivity index (χ1) is 20.1. The van der Waals surface area contributed by atoms with Crippen LogP contribution < -0.4 is 4.74 Å². The fourth-order valence-electron chi connectivity index (χ4n) is 4.33. The van der Waals surface area contributed by atoms with Gasteiger partial charge in [-0.15, -0.1) is 0 Å². The molecule has 3 aromatic carbocycles. The maximum Gasteiger partial charge on any atom is 0.436 e. The Morgan fingerprint density at radius 3 is 2.30 bits per heavy atom. The number of sulfone groups is 1. The van der Waals surface area contributed by atoms with Crippen LogP contribution in [0.15, 0.2) is 76.2 Å². The quantitative estimate of drug-likeness (QED) is 0.163.